The van der Waals surface area contributed by atoms with E-state index in [1.54, 1.807) is 12.1 Å². The third-order valence-electron chi connectivity index (χ3n) is 9.87. The molecule has 0 radical (unpaired) electrons. The van der Waals surface area contributed by atoms with Crippen LogP contribution in [0.5, 0.6) is 0 Å². The predicted octanol–water partition coefficient (Wildman–Crippen LogP) is 2.41. The summed E-state index contributed by atoms with van der Waals surface area (Å²) in [5.74, 6) is -9.24. The number of hydrogen-bond acceptors (Lipinski definition) is 12. The molecular weight excluding hydrogens is 877 g/mol. The van der Waals surface area contributed by atoms with Crippen LogP contribution in [-0.2, 0) is 48.0 Å². The van der Waals surface area contributed by atoms with Crippen molar-refractivity contribution in [3.8, 4) is 5.69 Å². The molecule has 3 rings (SSSR count). The summed E-state index contributed by atoms with van der Waals surface area (Å²) in [5, 5.41) is 72.0. The minimum absolute atomic E-state index is 0.0358. The number of urea groups is 2. The van der Waals surface area contributed by atoms with Crippen molar-refractivity contribution >= 4 is 59.4 Å². The highest BCUT2D eigenvalue weighted by Gasteiger charge is 2.27. The first-order valence-electron chi connectivity index (χ1n) is 20.5. The first-order valence-corrected chi connectivity index (χ1v) is 20.5. The van der Waals surface area contributed by atoms with Crippen LogP contribution in [-0.4, -0.2) is 136 Å². The van der Waals surface area contributed by atoms with Crippen LogP contribution in [0.3, 0.4) is 0 Å². The molecule has 1 heterocycles. The van der Waals surface area contributed by atoms with Gasteiger partial charge >= 0.3 is 47.9 Å². The third-order valence-corrected chi connectivity index (χ3v) is 9.87. The van der Waals surface area contributed by atoms with E-state index in [9.17, 15) is 72.8 Å². The maximum atomic E-state index is 13.7. The minimum atomic E-state index is -1.59. The van der Waals surface area contributed by atoms with E-state index in [1.165, 1.54) is 41.2 Å². The van der Waals surface area contributed by atoms with Crippen LogP contribution in [0.4, 0.5) is 14.0 Å². The highest BCUT2D eigenvalue weighted by Crippen LogP contribution is 2.20. The number of alkyl halides is 1. The molecule has 2 aromatic carbocycles. The van der Waals surface area contributed by atoms with Gasteiger partial charge < -0.3 is 51.9 Å². The number of carboxylic acid groups (broad SMARTS) is 6. The molecule has 10 N–H and O–H groups in total. The number of hydrogen-bond donors (Lipinski definition) is 10. The molecular formula is C42H50FN7O16. The van der Waals surface area contributed by atoms with Gasteiger partial charge in [0.25, 0.3) is 0 Å². The summed E-state index contributed by atoms with van der Waals surface area (Å²) < 4.78 is 14.2. The lowest BCUT2D eigenvalue weighted by molar-refractivity contribution is -0.142. The van der Waals surface area contributed by atoms with Crippen LogP contribution in [0.1, 0.15) is 102 Å². The van der Waals surface area contributed by atoms with Crippen molar-refractivity contribution in [2.45, 2.75) is 108 Å². The van der Waals surface area contributed by atoms with Crippen molar-refractivity contribution in [2.24, 2.45) is 0 Å². The van der Waals surface area contributed by atoms with Gasteiger partial charge in [0.05, 0.1) is 24.3 Å². The van der Waals surface area contributed by atoms with E-state index in [1.807, 2.05) is 10.6 Å². The third kappa shape index (κ3) is 18.1. The molecule has 0 saturated carbocycles. The zero-order valence-corrected chi connectivity index (χ0v) is 35.3. The Hall–Kier alpha value is -7.79. The van der Waals surface area contributed by atoms with Crippen LogP contribution in [0.25, 0.3) is 5.69 Å². The van der Waals surface area contributed by atoms with Crippen molar-refractivity contribution < 1.29 is 83.0 Å². The minimum Gasteiger partial charge on any atom is -0.481 e. The second-order valence-corrected chi connectivity index (χ2v) is 15.0. The molecule has 3 aromatic rings. The fraction of sp³-hybridized carbons (Fsp3) is 0.429. The Morgan fingerprint density at radius 3 is 1.55 bits per heavy atom. The summed E-state index contributed by atoms with van der Waals surface area (Å²) >= 11 is 0. The number of unbranched alkanes of at least 4 members (excludes halogenated alkanes) is 2. The van der Waals surface area contributed by atoms with E-state index in [0.29, 0.717) is 28.9 Å². The molecule has 0 saturated heterocycles. The van der Waals surface area contributed by atoms with Crippen LogP contribution in [0, 0.1) is 0 Å². The molecule has 356 valence electrons. The molecule has 0 fully saturated rings. The maximum Gasteiger partial charge on any atom is 0.326 e. The van der Waals surface area contributed by atoms with Crippen LogP contribution < -0.4 is 21.3 Å². The van der Waals surface area contributed by atoms with Gasteiger partial charge in [0.2, 0.25) is 0 Å². The molecule has 2 unspecified atom stereocenters. The Balaban J connectivity index is 1.69. The van der Waals surface area contributed by atoms with E-state index < -0.39 is 110 Å². The van der Waals surface area contributed by atoms with Gasteiger partial charge in [-0.2, -0.15) is 0 Å². The summed E-state index contributed by atoms with van der Waals surface area (Å²) in [5.41, 5.74) is 1.92. The largest absolute Gasteiger partial charge is 0.481 e. The summed E-state index contributed by atoms with van der Waals surface area (Å²) in [4.78, 5) is 120. The van der Waals surface area contributed by atoms with E-state index in [2.05, 4.69) is 20.9 Å². The lowest BCUT2D eigenvalue weighted by atomic mass is 9.96. The zero-order valence-electron chi connectivity index (χ0n) is 35.3. The van der Waals surface area contributed by atoms with E-state index in [-0.39, 0.29) is 68.3 Å². The molecule has 0 aliphatic carbocycles. The van der Waals surface area contributed by atoms with E-state index in [0.717, 1.165) is 0 Å². The molecule has 1 aromatic heterocycles. The highest BCUT2D eigenvalue weighted by molar-refractivity contribution is 6.03. The van der Waals surface area contributed by atoms with Gasteiger partial charge in [0.15, 0.2) is 11.6 Å². The quantitative estimate of drug-likeness (QED) is 0.0339. The van der Waals surface area contributed by atoms with Gasteiger partial charge in [-0.25, -0.2) is 33.4 Å². The van der Waals surface area contributed by atoms with Gasteiger partial charge in [-0.3, -0.25) is 23.6 Å². The van der Waals surface area contributed by atoms with Crippen LogP contribution in [0.2, 0.25) is 0 Å². The van der Waals surface area contributed by atoms with Crippen molar-refractivity contribution in [1.82, 2.24) is 36.3 Å². The molecule has 0 aliphatic rings. The first-order chi connectivity index (χ1) is 31.3. The van der Waals surface area contributed by atoms with Crippen molar-refractivity contribution in [3.63, 3.8) is 0 Å². The lowest BCUT2D eigenvalue weighted by Crippen LogP contribution is -2.51. The predicted molar refractivity (Wildman–Crippen MR) is 224 cm³/mol. The molecule has 24 heteroatoms. The van der Waals surface area contributed by atoms with Crippen LogP contribution in [0.15, 0.2) is 48.7 Å². The first kappa shape index (κ1) is 52.6. The summed E-state index contributed by atoms with van der Waals surface area (Å²) in [7, 11) is 0. The number of halogens is 1. The highest BCUT2D eigenvalue weighted by atomic mass is 19.1. The SMILES string of the molecule is O=C(O)CCC(NC(=O)NC(CCCCCC(=O)c1cc(C(=O)Cc2ccc(C[C@H](NC(=O)N[C@@H](CCC(=O)O)C(=O)O)C(=O)O)cc2)cc(-n2cc(CCCF)nn2)c1)C(=O)O)C(=O)O. The Labute approximate surface area is 374 Å². The van der Waals surface area contributed by atoms with Gasteiger partial charge in [-0.1, -0.05) is 42.3 Å². The van der Waals surface area contributed by atoms with Gasteiger partial charge in [-0.05, 0) is 67.9 Å². The second kappa shape index (κ2) is 26.1. The molecule has 4 atom stereocenters. The van der Waals surface area contributed by atoms with Crippen molar-refractivity contribution in [1.29, 1.82) is 0 Å². The number of benzene rings is 2. The number of carbonyl (C=O) groups excluding carboxylic acids is 4. The smallest absolute Gasteiger partial charge is 0.326 e. The van der Waals surface area contributed by atoms with Gasteiger partial charge in [0.1, 0.15) is 24.2 Å². The van der Waals surface area contributed by atoms with Crippen LogP contribution >= 0.6 is 0 Å². The summed E-state index contributed by atoms with van der Waals surface area (Å²) in [6.07, 6.45) is 0.311. The number of nitrogens with zero attached hydrogens (tertiary/aromatic N) is 3. The Bertz CT molecular complexity index is 2250. The number of aromatic nitrogens is 3. The lowest BCUT2D eigenvalue weighted by Gasteiger charge is -2.18. The number of carbonyl (C=O) groups is 10. The molecule has 23 nitrogen and oxygen atoms in total. The number of carboxylic acids is 6. The molecule has 0 aliphatic heterocycles. The summed E-state index contributed by atoms with van der Waals surface area (Å²) in [6, 6.07) is 2.18. The average Bonchev–Trinajstić information content (AvgIpc) is 3.74. The van der Waals surface area contributed by atoms with E-state index >= 15 is 0 Å². The zero-order chi connectivity index (χ0) is 48.9. The standard InChI is InChI=1S/C42H50FN7O16/c43-16-4-5-27-22-50(49-48-27)28-20-25(33(51)7-3-1-2-6-29(37(57)58)44-41(65)45-30(38(59)60)12-14-35(53)54)19-26(21-28)34(52)18-24-10-8-23(9-11-24)17-32(40(63)64)47-42(66)46-31(39(61)62)13-15-36(55)56/h8-11,19-22,29-32H,1-7,12-18H2,(H,53,54)(H,55,56)(H,57,58)(H,59,60)(H,61,62)(H,63,64)(H2,44,45,65)(H2,46,47,66)/t29?,30?,31-,32-/m0/s1. The van der Waals surface area contributed by atoms with E-state index in [4.69, 9.17) is 10.2 Å². The van der Waals surface area contributed by atoms with Gasteiger partial charge in [0, 0.05) is 43.2 Å². The number of ketones is 2. The Morgan fingerprint density at radius 1 is 0.561 bits per heavy atom. The molecule has 0 bridgehead atoms. The van der Waals surface area contributed by atoms with Gasteiger partial charge in [-0.15, -0.1) is 5.10 Å². The number of amides is 4. The molecule has 4 amide bonds. The molecule has 0 spiro atoms. The monoisotopic (exact) mass is 927 g/mol. The fourth-order valence-electron chi connectivity index (χ4n) is 6.35. The number of Topliss-reactive ketones (excluding diaryl/α,β-unsaturated/α-hetero) is 2. The average molecular weight is 928 g/mol. The molecule has 66 heavy (non-hydrogen) atoms. The number of aliphatic carboxylic acids is 6. The fourth-order valence-corrected chi connectivity index (χ4v) is 6.35. The van der Waals surface area contributed by atoms with Crippen molar-refractivity contribution in [2.75, 3.05) is 6.67 Å². The number of aryl methyl sites for hydroxylation is 1. The van der Waals surface area contributed by atoms with Crippen molar-refractivity contribution in [3.05, 3.63) is 76.6 Å². The summed E-state index contributed by atoms with van der Waals surface area (Å²) in [6.45, 7) is -0.580. The topological polar surface area (TPSA) is 371 Å². The number of nitrogens with one attached hydrogen (secondary N) is 4. The number of rotatable bonds is 30. The normalized spacial score (nSPS) is 12.7. The Kier molecular flexibility index (Phi) is 20.8. The Morgan fingerprint density at radius 2 is 1.05 bits per heavy atom. The second-order valence-electron chi connectivity index (χ2n) is 15.0. The maximum absolute atomic E-state index is 13.7.